The highest BCUT2D eigenvalue weighted by atomic mass is 35.5. The first kappa shape index (κ1) is 14.9. The van der Waals surface area contributed by atoms with Gasteiger partial charge in [0.2, 0.25) is 0 Å². The van der Waals surface area contributed by atoms with Crippen molar-refractivity contribution in [2.75, 3.05) is 12.0 Å². The summed E-state index contributed by atoms with van der Waals surface area (Å²) in [5, 5.41) is 0.451. The Morgan fingerprint density at radius 2 is 2.16 bits per heavy atom. The quantitative estimate of drug-likeness (QED) is 0.749. The van der Waals surface area contributed by atoms with Gasteiger partial charge in [0, 0.05) is 12.2 Å². The van der Waals surface area contributed by atoms with Gasteiger partial charge in [0.1, 0.15) is 11.3 Å². The molecule has 0 bridgehead atoms. The highest BCUT2D eigenvalue weighted by molar-refractivity contribution is 7.98. The monoisotopic (exact) mass is 317 g/mol. The van der Waals surface area contributed by atoms with Crippen molar-refractivity contribution in [3.05, 3.63) is 23.1 Å². The maximum Gasteiger partial charge on any atom is 0.160 e. The number of imidazole rings is 1. The molecule has 0 fully saturated rings. The summed E-state index contributed by atoms with van der Waals surface area (Å²) in [5.41, 5.74) is 1.67. The van der Waals surface area contributed by atoms with Gasteiger partial charge >= 0.3 is 0 Å². The third kappa shape index (κ3) is 3.18. The number of rotatable bonds is 5. The molecule has 0 aromatic carbocycles. The first-order valence-electron chi connectivity index (χ1n) is 6.21. The second kappa shape index (κ2) is 6.33. The number of hydrogen-bond acceptors (Lipinski definition) is 3. The molecule has 2 rings (SSSR count). The Morgan fingerprint density at radius 1 is 1.42 bits per heavy atom. The van der Waals surface area contributed by atoms with Crippen LogP contribution in [-0.4, -0.2) is 26.5 Å². The van der Waals surface area contributed by atoms with Crippen molar-refractivity contribution in [3.8, 4) is 0 Å². The minimum absolute atomic E-state index is 0.148. The zero-order chi connectivity index (χ0) is 14.0. The average molecular weight is 318 g/mol. The standard InChI is InChI=1S/C13H17Cl2N3S/c1-8(4-5-19-3)18-12(9(2)14)17-11-6-10(15)7-16-13(11)18/h6-9H,4-5H2,1-3H3. The van der Waals surface area contributed by atoms with Gasteiger partial charge in [0.05, 0.1) is 10.4 Å². The Bertz CT molecular complexity index is 568. The van der Waals surface area contributed by atoms with Gasteiger partial charge in [0.25, 0.3) is 0 Å². The van der Waals surface area contributed by atoms with Crippen molar-refractivity contribution in [2.24, 2.45) is 0 Å². The van der Waals surface area contributed by atoms with Gasteiger partial charge in [0.15, 0.2) is 5.65 Å². The van der Waals surface area contributed by atoms with Crippen LogP contribution in [0.1, 0.15) is 37.5 Å². The van der Waals surface area contributed by atoms with Crippen molar-refractivity contribution >= 4 is 46.1 Å². The first-order chi connectivity index (χ1) is 9.04. The summed E-state index contributed by atoms with van der Waals surface area (Å²) in [7, 11) is 0. The van der Waals surface area contributed by atoms with Gasteiger partial charge in [-0.15, -0.1) is 11.6 Å². The first-order valence-corrected chi connectivity index (χ1v) is 8.41. The lowest BCUT2D eigenvalue weighted by Crippen LogP contribution is -2.11. The van der Waals surface area contributed by atoms with Crippen LogP contribution in [0.15, 0.2) is 12.3 Å². The summed E-state index contributed by atoms with van der Waals surface area (Å²) < 4.78 is 2.14. The smallest absolute Gasteiger partial charge is 0.160 e. The molecule has 3 nitrogen and oxygen atoms in total. The Kier molecular flexibility index (Phi) is 4.98. The predicted octanol–water partition coefficient (Wildman–Crippen LogP) is 4.70. The zero-order valence-electron chi connectivity index (χ0n) is 11.2. The topological polar surface area (TPSA) is 30.7 Å². The fraction of sp³-hybridized carbons (Fsp3) is 0.538. The molecule has 19 heavy (non-hydrogen) atoms. The molecule has 2 atom stereocenters. The number of nitrogens with zero attached hydrogens (tertiary/aromatic N) is 3. The lowest BCUT2D eigenvalue weighted by atomic mass is 10.2. The third-order valence-corrected chi connectivity index (χ3v) is 4.11. The van der Waals surface area contributed by atoms with E-state index < -0.39 is 0 Å². The van der Waals surface area contributed by atoms with E-state index in [9.17, 15) is 0 Å². The summed E-state index contributed by atoms with van der Waals surface area (Å²) >= 11 is 14.1. The van der Waals surface area contributed by atoms with Crippen LogP contribution < -0.4 is 0 Å². The van der Waals surface area contributed by atoms with Crippen molar-refractivity contribution < 1.29 is 0 Å². The summed E-state index contributed by atoms with van der Waals surface area (Å²) in [6.07, 6.45) is 4.83. The number of halogens is 2. The van der Waals surface area contributed by atoms with Gasteiger partial charge in [-0.05, 0) is 38.3 Å². The molecule has 0 saturated carbocycles. The summed E-state index contributed by atoms with van der Waals surface area (Å²) in [6.45, 7) is 4.11. The number of fused-ring (bicyclic) bond motifs is 1. The molecule has 0 spiro atoms. The molecule has 2 unspecified atom stereocenters. The van der Waals surface area contributed by atoms with E-state index in [-0.39, 0.29) is 5.38 Å². The van der Waals surface area contributed by atoms with Gasteiger partial charge in [-0.1, -0.05) is 11.6 Å². The largest absolute Gasteiger partial charge is 0.309 e. The van der Waals surface area contributed by atoms with Crippen LogP contribution in [0, 0.1) is 0 Å². The minimum atomic E-state index is -0.148. The summed E-state index contributed by atoms with van der Waals surface area (Å²) in [4.78, 5) is 9.00. The van der Waals surface area contributed by atoms with E-state index in [1.54, 1.807) is 6.20 Å². The van der Waals surface area contributed by atoms with Gasteiger partial charge in [-0.3, -0.25) is 0 Å². The molecule has 0 aliphatic heterocycles. The Morgan fingerprint density at radius 3 is 2.79 bits per heavy atom. The van der Waals surface area contributed by atoms with Crippen molar-refractivity contribution in [1.82, 2.24) is 14.5 Å². The van der Waals surface area contributed by atoms with E-state index in [0.717, 1.165) is 29.2 Å². The van der Waals surface area contributed by atoms with E-state index >= 15 is 0 Å². The summed E-state index contributed by atoms with van der Waals surface area (Å²) in [5.74, 6) is 1.96. The van der Waals surface area contributed by atoms with Crippen LogP contribution in [0.2, 0.25) is 5.02 Å². The van der Waals surface area contributed by atoms with Crippen molar-refractivity contribution in [3.63, 3.8) is 0 Å². The second-order valence-corrected chi connectivity index (χ2v) is 6.66. The van der Waals surface area contributed by atoms with E-state index in [2.05, 4.69) is 27.7 Å². The maximum absolute atomic E-state index is 6.25. The molecule has 2 aromatic rings. The molecule has 0 aliphatic carbocycles. The zero-order valence-corrected chi connectivity index (χ0v) is 13.6. The molecule has 104 valence electrons. The van der Waals surface area contributed by atoms with Crippen LogP contribution in [0.25, 0.3) is 11.2 Å². The summed E-state index contributed by atoms with van der Waals surface area (Å²) in [6, 6.07) is 2.16. The third-order valence-electron chi connectivity index (χ3n) is 3.06. The molecule has 0 saturated heterocycles. The van der Waals surface area contributed by atoms with E-state index in [1.807, 2.05) is 24.8 Å². The minimum Gasteiger partial charge on any atom is -0.309 e. The molecule has 6 heteroatoms. The van der Waals surface area contributed by atoms with Crippen LogP contribution in [0.3, 0.4) is 0 Å². The molecule has 0 aliphatic rings. The van der Waals surface area contributed by atoms with E-state index in [4.69, 9.17) is 23.2 Å². The van der Waals surface area contributed by atoms with E-state index in [1.165, 1.54) is 0 Å². The fourth-order valence-electron chi connectivity index (χ4n) is 2.11. The number of alkyl halides is 1. The van der Waals surface area contributed by atoms with Gasteiger partial charge < -0.3 is 4.57 Å². The highest BCUT2D eigenvalue weighted by Crippen LogP contribution is 2.29. The van der Waals surface area contributed by atoms with E-state index in [0.29, 0.717) is 11.1 Å². The molecule has 0 radical (unpaired) electrons. The number of hydrogen-bond donors (Lipinski definition) is 0. The van der Waals surface area contributed by atoms with Crippen LogP contribution >= 0.6 is 35.0 Å². The van der Waals surface area contributed by atoms with Crippen molar-refractivity contribution in [2.45, 2.75) is 31.7 Å². The second-order valence-electron chi connectivity index (χ2n) is 4.58. The van der Waals surface area contributed by atoms with Crippen LogP contribution in [0.4, 0.5) is 0 Å². The molecule has 2 heterocycles. The van der Waals surface area contributed by atoms with Gasteiger partial charge in [-0.25, -0.2) is 9.97 Å². The lowest BCUT2D eigenvalue weighted by molar-refractivity contribution is 0.522. The normalized spacial score (nSPS) is 14.8. The number of thioether (sulfide) groups is 1. The van der Waals surface area contributed by atoms with Gasteiger partial charge in [-0.2, -0.15) is 11.8 Å². The molecular formula is C13H17Cl2N3S. The lowest BCUT2D eigenvalue weighted by Gasteiger charge is -2.17. The molecule has 2 aromatic heterocycles. The SMILES string of the molecule is CSCCC(C)n1c(C(C)Cl)nc2cc(Cl)cnc21. The molecule has 0 amide bonds. The highest BCUT2D eigenvalue weighted by Gasteiger charge is 2.19. The Labute approximate surface area is 127 Å². The Balaban J connectivity index is 2.51. The predicted molar refractivity (Wildman–Crippen MR) is 84.5 cm³/mol. The van der Waals surface area contributed by atoms with Crippen molar-refractivity contribution in [1.29, 1.82) is 0 Å². The number of aromatic nitrogens is 3. The number of pyridine rings is 1. The fourth-order valence-corrected chi connectivity index (χ4v) is 2.99. The maximum atomic E-state index is 6.25. The average Bonchev–Trinajstić information content (AvgIpc) is 2.74. The van der Waals surface area contributed by atoms with Crippen LogP contribution in [0.5, 0.6) is 0 Å². The molecule has 0 N–H and O–H groups in total. The van der Waals surface area contributed by atoms with Crippen LogP contribution in [-0.2, 0) is 0 Å². The molecular weight excluding hydrogens is 301 g/mol. The Hall–Kier alpha value is -0.450.